The number of piperidine rings is 1. The summed E-state index contributed by atoms with van der Waals surface area (Å²) in [5.74, 6) is 1.69. The minimum Gasteiger partial charge on any atom is -0.359 e. The van der Waals surface area contributed by atoms with Gasteiger partial charge in [0.25, 0.3) is 0 Å². The maximum absolute atomic E-state index is 5.92. The second kappa shape index (κ2) is 6.41. The van der Waals surface area contributed by atoms with Crippen LogP contribution in [-0.2, 0) is 6.54 Å². The summed E-state index contributed by atoms with van der Waals surface area (Å²) in [4.78, 5) is 2.43. The molecule has 2 atom stereocenters. The molecule has 4 heteroatoms. The van der Waals surface area contributed by atoms with E-state index in [-0.39, 0.29) is 0 Å². The van der Waals surface area contributed by atoms with Gasteiger partial charge in [-0.2, -0.15) is 0 Å². The molecule has 0 saturated carbocycles. The van der Waals surface area contributed by atoms with Crippen molar-refractivity contribution >= 4 is 0 Å². The quantitative estimate of drug-likeness (QED) is 0.938. The zero-order valence-electron chi connectivity index (χ0n) is 12.5. The lowest BCUT2D eigenvalue weighted by molar-refractivity contribution is 0.104. The molecule has 1 aromatic carbocycles. The van der Waals surface area contributed by atoms with E-state index < -0.39 is 0 Å². The number of aromatic nitrogens is 1. The van der Waals surface area contributed by atoms with Gasteiger partial charge >= 0.3 is 0 Å². The number of benzene rings is 1. The monoisotopic (exact) mass is 285 g/mol. The first-order valence-corrected chi connectivity index (χ1v) is 7.71. The van der Waals surface area contributed by atoms with Crippen molar-refractivity contribution in [2.45, 2.75) is 32.4 Å². The van der Waals surface area contributed by atoms with Gasteiger partial charge in [-0.1, -0.05) is 42.4 Å². The SMILES string of the molecule is CC1CCN(Cc2cc(-c3ccccc3)no2)C(CN)C1. The number of likely N-dealkylation sites (tertiary alicyclic amines) is 1. The fraction of sp³-hybridized carbons (Fsp3) is 0.471. The highest BCUT2D eigenvalue weighted by Crippen LogP contribution is 2.25. The Morgan fingerprint density at radius 2 is 2.14 bits per heavy atom. The molecule has 0 spiro atoms. The Labute approximate surface area is 125 Å². The summed E-state index contributed by atoms with van der Waals surface area (Å²) in [6.07, 6.45) is 2.41. The summed E-state index contributed by atoms with van der Waals surface area (Å²) in [7, 11) is 0. The zero-order chi connectivity index (χ0) is 14.7. The van der Waals surface area contributed by atoms with Gasteiger partial charge in [-0.3, -0.25) is 4.90 Å². The van der Waals surface area contributed by atoms with Crippen molar-refractivity contribution in [2.24, 2.45) is 11.7 Å². The Morgan fingerprint density at radius 1 is 1.33 bits per heavy atom. The first-order valence-electron chi connectivity index (χ1n) is 7.71. The van der Waals surface area contributed by atoms with Crippen molar-refractivity contribution in [2.75, 3.05) is 13.1 Å². The Kier molecular flexibility index (Phi) is 4.36. The van der Waals surface area contributed by atoms with Gasteiger partial charge in [0.2, 0.25) is 0 Å². The minimum absolute atomic E-state index is 0.457. The van der Waals surface area contributed by atoms with Crippen LogP contribution in [0.5, 0.6) is 0 Å². The number of hydrogen-bond donors (Lipinski definition) is 1. The fourth-order valence-corrected chi connectivity index (χ4v) is 3.09. The number of nitrogens with zero attached hydrogens (tertiary/aromatic N) is 2. The van der Waals surface area contributed by atoms with Crippen LogP contribution in [0.25, 0.3) is 11.3 Å². The van der Waals surface area contributed by atoms with Crippen molar-refractivity contribution in [1.82, 2.24) is 10.1 Å². The van der Waals surface area contributed by atoms with Crippen LogP contribution in [0, 0.1) is 5.92 Å². The molecule has 112 valence electrons. The molecule has 1 aromatic heterocycles. The molecule has 3 rings (SSSR count). The van der Waals surface area contributed by atoms with Crippen LogP contribution in [0.4, 0.5) is 0 Å². The van der Waals surface area contributed by atoms with Crippen LogP contribution in [0.1, 0.15) is 25.5 Å². The predicted molar refractivity (Wildman–Crippen MR) is 83.6 cm³/mol. The van der Waals surface area contributed by atoms with Crippen LogP contribution in [0.2, 0.25) is 0 Å². The van der Waals surface area contributed by atoms with Crippen LogP contribution in [0.3, 0.4) is 0 Å². The summed E-state index contributed by atoms with van der Waals surface area (Å²) in [6.45, 7) is 4.91. The van der Waals surface area contributed by atoms with E-state index in [1.807, 2.05) is 36.4 Å². The summed E-state index contributed by atoms with van der Waals surface area (Å²) in [5.41, 5.74) is 7.91. The maximum Gasteiger partial charge on any atom is 0.151 e. The molecule has 0 bridgehead atoms. The van der Waals surface area contributed by atoms with E-state index in [1.54, 1.807) is 0 Å². The molecule has 2 N–H and O–H groups in total. The normalized spacial score (nSPS) is 23.3. The second-order valence-corrected chi connectivity index (χ2v) is 6.03. The van der Waals surface area contributed by atoms with Crippen LogP contribution in [0.15, 0.2) is 40.9 Å². The third-order valence-corrected chi connectivity index (χ3v) is 4.36. The van der Waals surface area contributed by atoms with Crippen molar-refractivity contribution in [3.05, 3.63) is 42.2 Å². The van der Waals surface area contributed by atoms with Gasteiger partial charge < -0.3 is 10.3 Å². The van der Waals surface area contributed by atoms with Crippen LogP contribution in [-0.4, -0.2) is 29.2 Å². The lowest BCUT2D eigenvalue weighted by Gasteiger charge is -2.37. The number of rotatable bonds is 4. The Balaban J connectivity index is 1.69. The lowest BCUT2D eigenvalue weighted by atomic mass is 9.92. The van der Waals surface area contributed by atoms with E-state index in [0.717, 1.165) is 36.0 Å². The van der Waals surface area contributed by atoms with E-state index in [1.165, 1.54) is 12.8 Å². The molecule has 1 fully saturated rings. The largest absolute Gasteiger partial charge is 0.359 e. The molecule has 1 aliphatic heterocycles. The van der Waals surface area contributed by atoms with E-state index in [9.17, 15) is 0 Å². The summed E-state index contributed by atoms with van der Waals surface area (Å²) < 4.78 is 5.51. The highest BCUT2D eigenvalue weighted by atomic mass is 16.5. The molecule has 1 saturated heterocycles. The molecule has 0 aliphatic carbocycles. The highest BCUT2D eigenvalue weighted by molar-refractivity contribution is 5.58. The predicted octanol–water partition coefficient (Wildman–Crippen LogP) is 2.90. The molecular weight excluding hydrogens is 262 g/mol. The minimum atomic E-state index is 0.457. The Hall–Kier alpha value is -1.65. The highest BCUT2D eigenvalue weighted by Gasteiger charge is 2.26. The smallest absolute Gasteiger partial charge is 0.151 e. The van der Waals surface area contributed by atoms with Gasteiger partial charge in [-0.05, 0) is 25.3 Å². The van der Waals surface area contributed by atoms with Crippen molar-refractivity contribution < 1.29 is 4.52 Å². The van der Waals surface area contributed by atoms with Gasteiger partial charge in [0.1, 0.15) is 5.69 Å². The third kappa shape index (κ3) is 3.34. The number of hydrogen-bond acceptors (Lipinski definition) is 4. The van der Waals surface area contributed by atoms with Gasteiger partial charge in [0.05, 0.1) is 6.54 Å². The lowest BCUT2D eigenvalue weighted by Crippen LogP contribution is -2.45. The Morgan fingerprint density at radius 3 is 2.90 bits per heavy atom. The molecule has 2 heterocycles. The maximum atomic E-state index is 5.92. The summed E-state index contributed by atoms with van der Waals surface area (Å²) in [5, 5.41) is 4.18. The summed E-state index contributed by atoms with van der Waals surface area (Å²) >= 11 is 0. The first kappa shape index (κ1) is 14.3. The van der Waals surface area contributed by atoms with Crippen molar-refractivity contribution in [1.29, 1.82) is 0 Å². The molecule has 1 aliphatic rings. The van der Waals surface area contributed by atoms with Gasteiger partial charge in [-0.15, -0.1) is 0 Å². The van der Waals surface area contributed by atoms with Gasteiger partial charge in [0.15, 0.2) is 5.76 Å². The molecule has 4 nitrogen and oxygen atoms in total. The van der Waals surface area contributed by atoms with Crippen LogP contribution >= 0.6 is 0 Å². The molecule has 2 unspecified atom stereocenters. The number of nitrogens with two attached hydrogens (primary N) is 1. The van der Waals surface area contributed by atoms with E-state index in [0.29, 0.717) is 12.6 Å². The van der Waals surface area contributed by atoms with E-state index in [2.05, 4.69) is 17.0 Å². The molecule has 0 amide bonds. The molecule has 0 radical (unpaired) electrons. The van der Waals surface area contributed by atoms with Gasteiger partial charge in [-0.25, -0.2) is 0 Å². The van der Waals surface area contributed by atoms with E-state index in [4.69, 9.17) is 10.3 Å². The average molecular weight is 285 g/mol. The van der Waals surface area contributed by atoms with E-state index >= 15 is 0 Å². The first-order chi connectivity index (χ1) is 10.3. The van der Waals surface area contributed by atoms with Crippen molar-refractivity contribution in [3.8, 4) is 11.3 Å². The third-order valence-electron chi connectivity index (χ3n) is 4.36. The summed E-state index contributed by atoms with van der Waals surface area (Å²) in [6, 6.07) is 12.6. The standard InChI is InChI=1S/C17H23N3O/c1-13-7-8-20(15(9-13)11-18)12-16-10-17(19-21-16)14-5-3-2-4-6-14/h2-6,10,13,15H,7-9,11-12,18H2,1H3. The molecular formula is C17H23N3O. The van der Waals surface area contributed by atoms with Gasteiger partial charge in [0, 0.05) is 24.2 Å². The van der Waals surface area contributed by atoms with Crippen molar-refractivity contribution in [3.63, 3.8) is 0 Å². The second-order valence-electron chi connectivity index (χ2n) is 6.03. The molecule has 2 aromatic rings. The zero-order valence-corrected chi connectivity index (χ0v) is 12.5. The Bertz CT molecular complexity index is 566. The van der Waals surface area contributed by atoms with Crippen LogP contribution < -0.4 is 5.73 Å². The fourth-order valence-electron chi connectivity index (χ4n) is 3.09. The average Bonchev–Trinajstić information content (AvgIpc) is 2.98. The molecule has 21 heavy (non-hydrogen) atoms. The topological polar surface area (TPSA) is 55.3 Å².